The van der Waals surface area contributed by atoms with Crippen LogP contribution >= 0.6 is 0 Å². The smallest absolute Gasteiger partial charge is 0.0589 e. The predicted octanol–water partition coefficient (Wildman–Crippen LogP) is 1.79. The van der Waals surface area contributed by atoms with Crippen molar-refractivity contribution in [1.29, 1.82) is 0 Å². The summed E-state index contributed by atoms with van der Waals surface area (Å²) in [6.07, 6.45) is 2.72. The highest BCUT2D eigenvalue weighted by Gasteiger charge is 2.31. The summed E-state index contributed by atoms with van der Waals surface area (Å²) >= 11 is 0. The standard InChI is InChI=1S/C15H25N3O/c1-12(13-6-7-13)18(8-9-19-2)11-15-5-3-4-14(10-16)17-15/h3-5,12-13H,6-11,16H2,1-2H3. The van der Waals surface area contributed by atoms with Crippen molar-refractivity contribution < 1.29 is 4.74 Å². The van der Waals surface area contributed by atoms with Crippen molar-refractivity contribution in [2.75, 3.05) is 20.3 Å². The molecular formula is C15H25N3O. The summed E-state index contributed by atoms with van der Waals surface area (Å²) < 4.78 is 5.22. The van der Waals surface area contributed by atoms with E-state index in [1.54, 1.807) is 7.11 Å². The molecule has 1 fully saturated rings. The number of methoxy groups -OCH3 is 1. The minimum absolute atomic E-state index is 0.504. The SMILES string of the molecule is COCCN(Cc1cccc(CN)n1)C(C)C1CC1. The Balaban J connectivity index is 2.00. The molecule has 0 radical (unpaired) electrons. The maximum absolute atomic E-state index is 5.65. The van der Waals surface area contributed by atoms with Crippen LogP contribution < -0.4 is 5.73 Å². The zero-order valence-corrected chi connectivity index (χ0v) is 12.0. The van der Waals surface area contributed by atoms with Gasteiger partial charge in [-0.1, -0.05) is 6.07 Å². The van der Waals surface area contributed by atoms with Gasteiger partial charge in [0.2, 0.25) is 0 Å². The molecule has 1 aromatic heterocycles. The summed E-state index contributed by atoms with van der Waals surface area (Å²) in [5.74, 6) is 0.856. The van der Waals surface area contributed by atoms with Crippen LogP contribution in [0.2, 0.25) is 0 Å². The zero-order valence-electron chi connectivity index (χ0n) is 12.0. The average molecular weight is 263 g/mol. The van der Waals surface area contributed by atoms with Crippen LogP contribution in [0.4, 0.5) is 0 Å². The molecule has 0 bridgehead atoms. The van der Waals surface area contributed by atoms with Gasteiger partial charge in [-0.05, 0) is 37.8 Å². The van der Waals surface area contributed by atoms with Gasteiger partial charge < -0.3 is 10.5 Å². The lowest BCUT2D eigenvalue weighted by Crippen LogP contribution is -2.37. The average Bonchev–Trinajstić information content (AvgIpc) is 3.27. The molecule has 19 heavy (non-hydrogen) atoms. The number of pyridine rings is 1. The van der Waals surface area contributed by atoms with Gasteiger partial charge in [0.05, 0.1) is 18.0 Å². The van der Waals surface area contributed by atoms with E-state index in [0.29, 0.717) is 12.6 Å². The fraction of sp³-hybridized carbons (Fsp3) is 0.667. The van der Waals surface area contributed by atoms with Crippen molar-refractivity contribution in [1.82, 2.24) is 9.88 Å². The molecule has 0 aliphatic heterocycles. The molecule has 0 aromatic carbocycles. The number of aromatic nitrogens is 1. The molecular weight excluding hydrogens is 238 g/mol. The minimum Gasteiger partial charge on any atom is -0.383 e. The number of hydrogen-bond donors (Lipinski definition) is 1. The highest BCUT2D eigenvalue weighted by Crippen LogP contribution is 2.35. The lowest BCUT2D eigenvalue weighted by Gasteiger charge is -2.28. The van der Waals surface area contributed by atoms with Gasteiger partial charge in [-0.3, -0.25) is 9.88 Å². The Morgan fingerprint density at radius 3 is 2.79 bits per heavy atom. The Labute approximate surface area is 116 Å². The van der Waals surface area contributed by atoms with Crippen molar-refractivity contribution in [2.24, 2.45) is 11.7 Å². The first-order valence-corrected chi connectivity index (χ1v) is 7.12. The van der Waals surface area contributed by atoms with Crippen LogP contribution in [0.1, 0.15) is 31.2 Å². The molecule has 1 aromatic rings. The van der Waals surface area contributed by atoms with Crippen LogP contribution in [-0.4, -0.2) is 36.2 Å². The first-order valence-electron chi connectivity index (χ1n) is 7.12. The fourth-order valence-electron chi connectivity index (χ4n) is 2.45. The molecule has 1 unspecified atom stereocenters. The van der Waals surface area contributed by atoms with E-state index in [1.165, 1.54) is 12.8 Å². The Hall–Kier alpha value is -0.970. The summed E-state index contributed by atoms with van der Waals surface area (Å²) in [7, 11) is 1.76. The van der Waals surface area contributed by atoms with Crippen molar-refractivity contribution in [2.45, 2.75) is 38.9 Å². The third kappa shape index (κ3) is 4.27. The van der Waals surface area contributed by atoms with Crippen LogP contribution in [0.3, 0.4) is 0 Å². The molecule has 1 aliphatic carbocycles. The molecule has 0 saturated heterocycles. The van der Waals surface area contributed by atoms with Crippen molar-refractivity contribution in [3.05, 3.63) is 29.6 Å². The van der Waals surface area contributed by atoms with E-state index in [2.05, 4.69) is 22.9 Å². The van der Waals surface area contributed by atoms with E-state index in [9.17, 15) is 0 Å². The number of ether oxygens (including phenoxy) is 1. The fourth-order valence-corrected chi connectivity index (χ4v) is 2.45. The summed E-state index contributed by atoms with van der Waals surface area (Å²) in [6.45, 7) is 5.44. The summed E-state index contributed by atoms with van der Waals surface area (Å²) in [4.78, 5) is 7.07. The van der Waals surface area contributed by atoms with Gasteiger partial charge >= 0.3 is 0 Å². The van der Waals surface area contributed by atoms with Crippen LogP contribution in [-0.2, 0) is 17.8 Å². The van der Waals surface area contributed by atoms with Gasteiger partial charge in [-0.25, -0.2) is 0 Å². The number of nitrogens with zero attached hydrogens (tertiary/aromatic N) is 2. The normalized spacial score (nSPS) is 16.8. The highest BCUT2D eigenvalue weighted by atomic mass is 16.5. The predicted molar refractivity (Wildman–Crippen MR) is 76.6 cm³/mol. The van der Waals surface area contributed by atoms with Gasteiger partial charge in [0.1, 0.15) is 0 Å². The van der Waals surface area contributed by atoms with Gasteiger partial charge in [0.25, 0.3) is 0 Å². The van der Waals surface area contributed by atoms with Gasteiger partial charge in [-0.2, -0.15) is 0 Å². The number of rotatable bonds is 8. The Kier molecular flexibility index (Phi) is 5.31. The number of hydrogen-bond acceptors (Lipinski definition) is 4. The van der Waals surface area contributed by atoms with Crippen LogP contribution in [0.15, 0.2) is 18.2 Å². The molecule has 2 rings (SSSR count). The maximum Gasteiger partial charge on any atom is 0.0589 e. The molecule has 4 nitrogen and oxygen atoms in total. The Morgan fingerprint density at radius 1 is 1.42 bits per heavy atom. The second-order valence-corrected chi connectivity index (χ2v) is 5.37. The Bertz CT molecular complexity index is 393. The van der Waals surface area contributed by atoms with Crippen LogP contribution in [0.25, 0.3) is 0 Å². The lowest BCUT2D eigenvalue weighted by molar-refractivity contribution is 0.110. The zero-order chi connectivity index (χ0) is 13.7. The van der Waals surface area contributed by atoms with Crippen molar-refractivity contribution in [3.63, 3.8) is 0 Å². The van der Waals surface area contributed by atoms with E-state index in [1.807, 2.05) is 12.1 Å². The molecule has 2 N–H and O–H groups in total. The lowest BCUT2D eigenvalue weighted by atomic mass is 10.1. The quantitative estimate of drug-likeness (QED) is 0.777. The van der Waals surface area contributed by atoms with Crippen molar-refractivity contribution >= 4 is 0 Å². The van der Waals surface area contributed by atoms with Crippen molar-refractivity contribution in [3.8, 4) is 0 Å². The molecule has 1 atom stereocenters. The van der Waals surface area contributed by atoms with Crippen LogP contribution in [0.5, 0.6) is 0 Å². The molecule has 106 valence electrons. The monoisotopic (exact) mass is 263 g/mol. The van der Waals surface area contributed by atoms with E-state index >= 15 is 0 Å². The van der Waals surface area contributed by atoms with E-state index in [4.69, 9.17) is 10.5 Å². The molecule has 1 saturated carbocycles. The third-order valence-electron chi connectivity index (χ3n) is 3.90. The summed E-state index contributed by atoms with van der Waals surface area (Å²) in [6, 6.07) is 6.71. The van der Waals surface area contributed by atoms with E-state index < -0.39 is 0 Å². The maximum atomic E-state index is 5.65. The van der Waals surface area contributed by atoms with E-state index in [0.717, 1.165) is 37.0 Å². The molecule has 0 amide bonds. The van der Waals surface area contributed by atoms with Crippen LogP contribution in [0, 0.1) is 5.92 Å². The summed E-state index contributed by atoms with van der Waals surface area (Å²) in [5.41, 5.74) is 7.72. The van der Waals surface area contributed by atoms with Gasteiger partial charge in [0, 0.05) is 32.8 Å². The second kappa shape index (κ2) is 6.98. The molecule has 1 heterocycles. The molecule has 4 heteroatoms. The Morgan fingerprint density at radius 2 is 2.16 bits per heavy atom. The largest absolute Gasteiger partial charge is 0.383 e. The second-order valence-electron chi connectivity index (χ2n) is 5.37. The first kappa shape index (κ1) is 14.4. The minimum atomic E-state index is 0.504. The third-order valence-corrected chi connectivity index (χ3v) is 3.90. The van der Waals surface area contributed by atoms with E-state index in [-0.39, 0.29) is 0 Å². The van der Waals surface area contributed by atoms with Gasteiger partial charge in [0.15, 0.2) is 0 Å². The number of nitrogens with two attached hydrogens (primary N) is 1. The molecule has 1 aliphatic rings. The highest BCUT2D eigenvalue weighted by molar-refractivity contribution is 5.11. The molecule has 0 spiro atoms. The topological polar surface area (TPSA) is 51.4 Å². The van der Waals surface area contributed by atoms with Gasteiger partial charge in [-0.15, -0.1) is 0 Å². The first-order chi connectivity index (χ1) is 9.24. The summed E-state index contributed by atoms with van der Waals surface area (Å²) in [5, 5.41) is 0.